The molecule has 30 heavy (non-hydrogen) atoms. The molecule has 7 nitrogen and oxygen atoms in total. The van der Waals surface area contributed by atoms with Crippen LogP contribution in [0.3, 0.4) is 0 Å². The Morgan fingerprint density at radius 1 is 1.20 bits per heavy atom. The van der Waals surface area contributed by atoms with Crippen molar-refractivity contribution in [2.75, 3.05) is 33.7 Å². The summed E-state index contributed by atoms with van der Waals surface area (Å²) in [5.74, 6) is 2.28. The summed E-state index contributed by atoms with van der Waals surface area (Å²) in [6.07, 6.45) is 1.09. The van der Waals surface area contributed by atoms with Gasteiger partial charge in [-0.15, -0.1) is 24.0 Å². The molecule has 2 rings (SSSR count). The first-order valence-corrected chi connectivity index (χ1v) is 10.1. The van der Waals surface area contributed by atoms with Gasteiger partial charge in [-0.25, -0.2) is 0 Å². The van der Waals surface area contributed by atoms with Crippen molar-refractivity contribution < 1.29 is 14.3 Å². The smallest absolute Gasteiger partial charge is 0.191 e. The van der Waals surface area contributed by atoms with Gasteiger partial charge in [0.1, 0.15) is 11.5 Å². The lowest BCUT2D eigenvalue weighted by molar-refractivity contribution is 0.179. The number of ether oxygens (including phenoxy) is 1. The van der Waals surface area contributed by atoms with Crippen molar-refractivity contribution in [3.05, 3.63) is 54.0 Å². The molecule has 2 unspecified atom stereocenters. The first kappa shape index (κ1) is 26.3. The standard InChI is InChI=1S/C22H34N4O3.HI/c1-6-23-22(24-14-19(26(4)5)21-11-8-12-28-21)25-15-20(27)17-9-7-10-18(13-17)29-16(2)3;/h7-13,16,19-20,27H,6,14-15H2,1-5H3,(H2,23,24,25);1H. The molecule has 1 heterocycles. The van der Waals surface area contributed by atoms with Gasteiger partial charge >= 0.3 is 0 Å². The minimum absolute atomic E-state index is 0. The molecule has 1 aromatic carbocycles. The van der Waals surface area contributed by atoms with Crippen LogP contribution < -0.4 is 15.4 Å². The molecule has 0 fully saturated rings. The second-order valence-corrected chi connectivity index (χ2v) is 7.35. The number of hydrogen-bond acceptors (Lipinski definition) is 5. The fraction of sp³-hybridized carbons (Fsp3) is 0.500. The average Bonchev–Trinajstić information content (AvgIpc) is 3.19. The summed E-state index contributed by atoms with van der Waals surface area (Å²) in [5.41, 5.74) is 0.799. The quantitative estimate of drug-likeness (QED) is 0.248. The Bertz CT molecular complexity index is 751. The summed E-state index contributed by atoms with van der Waals surface area (Å²) in [4.78, 5) is 6.74. The number of aliphatic imine (C=N–C) groups is 1. The molecule has 1 aromatic heterocycles. The van der Waals surface area contributed by atoms with Gasteiger partial charge in [-0.1, -0.05) is 12.1 Å². The molecule has 3 N–H and O–H groups in total. The Hall–Kier alpha value is -1.78. The number of nitrogens with one attached hydrogen (secondary N) is 2. The van der Waals surface area contributed by atoms with Gasteiger partial charge < -0.3 is 24.9 Å². The van der Waals surface area contributed by atoms with Gasteiger partial charge in [0.15, 0.2) is 5.96 Å². The van der Waals surface area contributed by atoms with Gasteiger partial charge in [-0.3, -0.25) is 9.89 Å². The van der Waals surface area contributed by atoms with E-state index in [9.17, 15) is 5.11 Å². The van der Waals surface area contributed by atoms with Crippen LogP contribution in [-0.4, -0.2) is 55.8 Å². The second-order valence-electron chi connectivity index (χ2n) is 7.35. The molecule has 0 aliphatic heterocycles. The van der Waals surface area contributed by atoms with E-state index in [1.54, 1.807) is 6.26 Å². The van der Waals surface area contributed by atoms with Crippen molar-refractivity contribution in [1.82, 2.24) is 15.5 Å². The fourth-order valence-corrected chi connectivity index (χ4v) is 2.89. The van der Waals surface area contributed by atoms with Crippen LogP contribution >= 0.6 is 24.0 Å². The third-order valence-corrected chi connectivity index (χ3v) is 4.34. The number of rotatable bonds is 10. The predicted octanol–water partition coefficient (Wildman–Crippen LogP) is 3.58. The SMILES string of the molecule is CCNC(=NCC(c1ccco1)N(C)C)NCC(O)c1cccc(OC(C)C)c1.I. The van der Waals surface area contributed by atoms with E-state index >= 15 is 0 Å². The molecule has 8 heteroatoms. The molecule has 0 bridgehead atoms. The molecular formula is C22H35IN4O3. The number of hydrogen-bond donors (Lipinski definition) is 3. The topological polar surface area (TPSA) is 82.3 Å². The van der Waals surface area contributed by atoms with E-state index in [1.165, 1.54) is 0 Å². The van der Waals surface area contributed by atoms with E-state index < -0.39 is 6.10 Å². The third kappa shape index (κ3) is 8.53. The summed E-state index contributed by atoms with van der Waals surface area (Å²) in [7, 11) is 4.00. The van der Waals surface area contributed by atoms with E-state index in [0.29, 0.717) is 19.0 Å². The van der Waals surface area contributed by atoms with Crippen LogP contribution in [0.15, 0.2) is 52.1 Å². The zero-order valence-electron chi connectivity index (χ0n) is 18.5. The average molecular weight is 530 g/mol. The number of likely N-dealkylation sites (N-methyl/N-ethyl adjacent to an activating group) is 1. The van der Waals surface area contributed by atoms with E-state index in [2.05, 4.69) is 20.5 Å². The summed E-state index contributed by atoms with van der Waals surface area (Å²) in [5, 5.41) is 17.0. The molecule has 168 valence electrons. The van der Waals surface area contributed by atoms with Crippen molar-refractivity contribution >= 4 is 29.9 Å². The van der Waals surface area contributed by atoms with Gasteiger partial charge in [0.05, 0.1) is 31.1 Å². The van der Waals surface area contributed by atoms with Crippen molar-refractivity contribution in [2.24, 2.45) is 4.99 Å². The highest BCUT2D eigenvalue weighted by molar-refractivity contribution is 14.0. The normalized spacial score (nSPS) is 13.7. The number of halogens is 1. The molecule has 2 aromatic rings. The number of benzene rings is 1. The van der Waals surface area contributed by atoms with Crippen molar-refractivity contribution in [2.45, 2.75) is 39.0 Å². The Morgan fingerprint density at radius 2 is 1.97 bits per heavy atom. The molecule has 0 radical (unpaired) electrons. The van der Waals surface area contributed by atoms with E-state index in [-0.39, 0.29) is 36.1 Å². The zero-order chi connectivity index (χ0) is 21.2. The van der Waals surface area contributed by atoms with Crippen LogP contribution in [0.5, 0.6) is 5.75 Å². The Balaban J connectivity index is 0.00000450. The van der Waals surface area contributed by atoms with Crippen LogP contribution in [0.2, 0.25) is 0 Å². The molecular weight excluding hydrogens is 495 g/mol. The van der Waals surface area contributed by atoms with Crippen LogP contribution in [0.4, 0.5) is 0 Å². The monoisotopic (exact) mass is 530 g/mol. The lowest BCUT2D eigenvalue weighted by atomic mass is 10.1. The van der Waals surface area contributed by atoms with Crippen molar-refractivity contribution in [1.29, 1.82) is 0 Å². The van der Waals surface area contributed by atoms with Crippen LogP contribution in [0.25, 0.3) is 0 Å². The van der Waals surface area contributed by atoms with Crippen LogP contribution in [0, 0.1) is 0 Å². The third-order valence-electron chi connectivity index (χ3n) is 4.34. The van der Waals surface area contributed by atoms with Crippen molar-refractivity contribution in [3.63, 3.8) is 0 Å². The lowest BCUT2D eigenvalue weighted by Gasteiger charge is -2.21. The summed E-state index contributed by atoms with van der Waals surface area (Å²) < 4.78 is 11.3. The summed E-state index contributed by atoms with van der Waals surface area (Å²) in [6, 6.07) is 11.4. The first-order chi connectivity index (χ1) is 13.9. The maximum atomic E-state index is 10.6. The molecule has 0 amide bonds. The number of guanidine groups is 1. The summed E-state index contributed by atoms with van der Waals surface area (Å²) >= 11 is 0. The highest BCUT2D eigenvalue weighted by atomic mass is 127. The second kappa shape index (κ2) is 13.5. The minimum atomic E-state index is -0.677. The molecule has 0 aliphatic carbocycles. The van der Waals surface area contributed by atoms with E-state index in [1.807, 2.05) is 71.3 Å². The molecule has 0 saturated carbocycles. The van der Waals surface area contributed by atoms with Crippen LogP contribution in [-0.2, 0) is 0 Å². The first-order valence-electron chi connectivity index (χ1n) is 10.1. The molecule has 0 aliphatic rings. The Morgan fingerprint density at radius 3 is 2.57 bits per heavy atom. The zero-order valence-corrected chi connectivity index (χ0v) is 20.8. The Labute approximate surface area is 196 Å². The molecule has 0 spiro atoms. The molecule has 0 saturated heterocycles. The van der Waals surface area contributed by atoms with Gasteiger partial charge in [-0.2, -0.15) is 0 Å². The maximum Gasteiger partial charge on any atom is 0.191 e. The lowest BCUT2D eigenvalue weighted by Crippen LogP contribution is -2.40. The van der Waals surface area contributed by atoms with Crippen molar-refractivity contribution in [3.8, 4) is 5.75 Å². The number of furan rings is 1. The van der Waals surface area contributed by atoms with E-state index in [0.717, 1.165) is 23.6 Å². The fourth-order valence-electron chi connectivity index (χ4n) is 2.89. The minimum Gasteiger partial charge on any atom is -0.491 e. The Kier molecular flexibility index (Phi) is 11.8. The number of aliphatic hydroxyl groups is 1. The highest BCUT2D eigenvalue weighted by Gasteiger charge is 2.17. The molecule has 2 atom stereocenters. The summed E-state index contributed by atoms with van der Waals surface area (Å²) in [6.45, 7) is 7.57. The largest absolute Gasteiger partial charge is 0.491 e. The van der Waals surface area contributed by atoms with E-state index in [4.69, 9.17) is 9.15 Å². The highest BCUT2D eigenvalue weighted by Crippen LogP contribution is 2.20. The van der Waals surface area contributed by atoms with Gasteiger partial charge in [0, 0.05) is 13.1 Å². The maximum absolute atomic E-state index is 10.6. The van der Waals surface area contributed by atoms with Gasteiger partial charge in [-0.05, 0) is 64.7 Å². The van der Waals surface area contributed by atoms with Gasteiger partial charge in [0.25, 0.3) is 0 Å². The predicted molar refractivity (Wildman–Crippen MR) is 132 cm³/mol. The van der Waals surface area contributed by atoms with Crippen LogP contribution in [0.1, 0.15) is 44.2 Å². The number of aliphatic hydroxyl groups excluding tert-OH is 1. The van der Waals surface area contributed by atoms with Gasteiger partial charge in [0.2, 0.25) is 0 Å². The number of nitrogens with zero attached hydrogens (tertiary/aromatic N) is 2.